The lowest BCUT2D eigenvalue weighted by molar-refractivity contribution is -0.0402. The van der Waals surface area contributed by atoms with Gasteiger partial charge in [0.2, 0.25) is 0 Å². The lowest BCUT2D eigenvalue weighted by atomic mass is 10.1. The number of hydrogen-bond acceptors (Lipinski definition) is 6. The molecule has 0 N–H and O–H groups in total. The van der Waals surface area contributed by atoms with Crippen LogP contribution < -0.4 is 9.47 Å². The summed E-state index contributed by atoms with van der Waals surface area (Å²) in [5, 5.41) is 4.15. The van der Waals surface area contributed by atoms with Crippen LogP contribution in [0.4, 0.5) is 0 Å². The molecule has 2 aromatic rings. The van der Waals surface area contributed by atoms with E-state index in [9.17, 15) is 8.42 Å². The Labute approximate surface area is 141 Å². The van der Waals surface area contributed by atoms with Crippen LogP contribution in [0.5, 0.6) is 11.5 Å². The van der Waals surface area contributed by atoms with Gasteiger partial charge in [0.25, 0.3) is 10.0 Å². The van der Waals surface area contributed by atoms with Gasteiger partial charge in [-0.15, -0.1) is 0 Å². The monoisotopic (exact) mass is 352 g/mol. The van der Waals surface area contributed by atoms with E-state index in [0.717, 1.165) is 22.5 Å². The summed E-state index contributed by atoms with van der Waals surface area (Å²) < 4.78 is 41.4. The molecule has 7 nitrogen and oxygen atoms in total. The first-order valence-corrected chi connectivity index (χ1v) is 9.40. The van der Waals surface area contributed by atoms with Crippen molar-refractivity contribution in [2.45, 2.75) is 26.1 Å². The molecule has 2 heterocycles. The predicted molar refractivity (Wildman–Crippen MR) is 88.7 cm³/mol. The van der Waals surface area contributed by atoms with Crippen molar-refractivity contribution in [3.63, 3.8) is 0 Å². The highest BCUT2D eigenvalue weighted by molar-refractivity contribution is 7.89. The normalized spacial score (nSPS) is 17.8. The molecular weight excluding hydrogens is 332 g/mol. The second kappa shape index (κ2) is 6.82. The Bertz CT molecular complexity index is 810. The first-order valence-electron chi connectivity index (χ1n) is 7.79. The molecule has 0 radical (unpaired) electrons. The fraction of sp³-hybridized carbons (Fsp3) is 0.438. The summed E-state index contributed by atoms with van der Waals surface area (Å²) in [5.41, 5.74) is 1.29. The standard InChI is InChI=1S/C16H20N2O5S/c1-3-24(19,20)18-9-8-13(17-18)12-6-7-14(21-2)15(11-12)23-16-5-4-10-22-16/h6-9,11,16H,3-5,10H2,1-2H3/t16-/m0/s1. The van der Waals surface area contributed by atoms with Crippen molar-refractivity contribution in [2.75, 3.05) is 19.5 Å². The smallest absolute Gasteiger partial charge is 0.253 e. The molecule has 130 valence electrons. The maximum atomic E-state index is 11.9. The molecule has 0 saturated carbocycles. The summed E-state index contributed by atoms with van der Waals surface area (Å²) in [6.07, 6.45) is 2.95. The number of aromatic nitrogens is 2. The average molecular weight is 352 g/mol. The van der Waals surface area contributed by atoms with Gasteiger partial charge in [0, 0.05) is 18.2 Å². The number of benzene rings is 1. The van der Waals surface area contributed by atoms with Gasteiger partial charge in [0.05, 0.1) is 25.2 Å². The summed E-state index contributed by atoms with van der Waals surface area (Å²) >= 11 is 0. The highest BCUT2D eigenvalue weighted by atomic mass is 32.2. The molecule has 0 amide bonds. The molecule has 8 heteroatoms. The molecule has 1 fully saturated rings. The minimum atomic E-state index is -3.40. The van der Waals surface area contributed by atoms with Crippen LogP contribution in [-0.4, -0.2) is 43.4 Å². The van der Waals surface area contributed by atoms with E-state index in [1.54, 1.807) is 32.2 Å². The van der Waals surface area contributed by atoms with E-state index in [2.05, 4.69) is 5.10 Å². The zero-order chi connectivity index (χ0) is 17.2. The zero-order valence-electron chi connectivity index (χ0n) is 13.6. The minimum absolute atomic E-state index is 0.00981. The molecule has 1 atom stereocenters. The Morgan fingerprint density at radius 1 is 1.33 bits per heavy atom. The number of methoxy groups -OCH3 is 1. The third-order valence-corrected chi connectivity index (χ3v) is 5.32. The van der Waals surface area contributed by atoms with Gasteiger partial charge in [-0.25, -0.2) is 8.42 Å². The Balaban J connectivity index is 1.91. The van der Waals surface area contributed by atoms with Crippen LogP contribution in [0.2, 0.25) is 0 Å². The average Bonchev–Trinajstić information content (AvgIpc) is 3.26. The van der Waals surface area contributed by atoms with Crippen molar-refractivity contribution in [1.82, 2.24) is 9.19 Å². The van der Waals surface area contributed by atoms with Gasteiger partial charge in [-0.05, 0) is 37.6 Å². The van der Waals surface area contributed by atoms with Crippen LogP contribution in [0, 0.1) is 0 Å². The Hall–Kier alpha value is -2.06. The molecule has 0 aliphatic carbocycles. The van der Waals surface area contributed by atoms with Crippen LogP contribution in [0.1, 0.15) is 19.8 Å². The predicted octanol–water partition coefficient (Wildman–Crippen LogP) is 2.27. The van der Waals surface area contributed by atoms with Crippen molar-refractivity contribution in [1.29, 1.82) is 0 Å². The Morgan fingerprint density at radius 3 is 2.83 bits per heavy atom. The molecule has 0 spiro atoms. The number of rotatable bonds is 6. The van der Waals surface area contributed by atoms with Crippen LogP contribution in [0.25, 0.3) is 11.3 Å². The topological polar surface area (TPSA) is 79.7 Å². The maximum Gasteiger partial charge on any atom is 0.253 e. The Kier molecular flexibility index (Phi) is 4.77. The van der Waals surface area contributed by atoms with Crippen molar-refractivity contribution in [3.05, 3.63) is 30.5 Å². The largest absolute Gasteiger partial charge is 0.493 e. The van der Waals surface area contributed by atoms with Gasteiger partial charge < -0.3 is 14.2 Å². The fourth-order valence-electron chi connectivity index (χ4n) is 2.46. The molecule has 1 aliphatic heterocycles. The van der Waals surface area contributed by atoms with Crippen molar-refractivity contribution in [3.8, 4) is 22.8 Å². The minimum Gasteiger partial charge on any atom is -0.493 e. The highest BCUT2D eigenvalue weighted by Crippen LogP contribution is 2.34. The third kappa shape index (κ3) is 3.39. The zero-order valence-corrected chi connectivity index (χ0v) is 14.5. The molecule has 24 heavy (non-hydrogen) atoms. The van der Waals surface area contributed by atoms with Crippen LogP contribution in [0.15, 0.2) is 30.5 Å². The quantitative estimate of drug-likeness (QED) is 0.793. The molecule has 1 aliphatic rings. The lowest BCUT2D eigenvalue weighted by Gasteiger charge is -2.16. The van der Waals surface area contributed by atoms with Gasteiger partial charge in [0.15, 0.2) is 17.8 Å². The molecule has 1 aromatic carbocycles. The number of ether oxygens (including phenoxy) is 3. The van der Waals surface area contributed by atoms with Crippen molar-refractivity contribution in [2.24, 2.45) is 0 Å². The Morgan fingerprint density at radius 2 is 2.17 bits per heavy atom. The van der Waals surface area contributed by atoms with Crippen molar-refractivity contribution < 1.29 is 22.6 Å². The SMILES string of the molecule is CCS(=O)(=O)n1ccc(-c2ccc(OC)c(O[C@H]3CCCO3)c2)n1. The molecular formula is C16H20N2O5S. The maximum absolute atomic E-state index is 11.9. The van der Waals surface area contributed by atoms with Crippen LogP contribution in [0.3, 0.4) is 0 Å². The number of nitrogens with zero attached hydrogens (tertiary/aromatic N) is 2. The summed E-state index contributed by atoms with van der Waals surface area (Å²) in [4.78, 5) is 0. The third-order valence-electron chi connectivity index (χ3n) is 3.82. The fourth-order valence-corrected chi connectivity index (χ4v) is 3.18. The first kappa shape index (κ1) is 16.8. The molecule has 1 aromatic heterocycles. The molecule has 0 unspecified atom stereocenters. The van der Waals surface area contributed by atoms with E-state index in [1.165, 1.54) is 6.20 Å². The van der Waals surface area contributed by atoms with Crippen LogP contribution in [-0.2, 0) is 14.8 Å². The summed E-state index contributed by atoms with van der Waals surface area (Å²) in [6.45, 7) is 2.27. The van der Waals surface area contributed by atoms with E-state index < -0.39 is 10.0 Å². The first-order chi connectivity index (χ1) is 11.5. The van der Waals surface area contributed by atoms with Gasteiger partial charge >= 0.3 is 0 Å². The van der Waals surface area contributed by atoms with Gasteiger partial charge in [0.1, 0.15) is 0 Å². The lowest BCUT2D eigenvalue weighted by Crippen LogP contribution is -2.15. The van der Waals surface area contributed by atoms with E-state index in [1.807, 2.05) is 6.07 Å². The van der Waals surface area contributed by atoms with Crippen LogP contribution >= 0.6 is 0 Å². The van der Waals surface area contributed by atoms with Gasteiger partial charge in [-0.3, -0.25) is 0 Å². The summed E-state index contributed by atoms with van der Waals surface area (Å²) in [7, 11) is -1.83. The summed E-state index contributed by atoms with van der Waals surface area (Å²) in [6, 6.07) is 7.02. The second-order valence-electron chi connectivity index (χ2n) is 5.40. The van der Waals surface area contributed by atoms with Crippen molar-refractivity contribution >= 4 is 10.0 Å². The number of hydrogen-bond donors (Lipinski definition) is 0. The highest BCUT2D eigenvalue weighted by Gasteiger charge is 2.20. The molecule has 0 bridgehead atoms. The van der Waals surface area contributed by atoms with Gasteiger partial charge in [-0.1, -0.05) is 0 Å². The molecule has 1 saturated heterocycles. The van der Waals surface area contributed by atoms with E-state index in [4.69, 9.17) is 14.2 Å². The van der Waals surface area contributed by atoms with E-state index in [0.29, 0.717) is 23.8 Å². The summed E-state index contributed by atoms with van der Waals surface area (Å²) in [5.74, 6) is 1.13. The molecule has 3 rings (SSSR count). The second-order valence-corrected chi connectivity index (χ2v) is 7.52. The van der Waals surface area contributed by atoms with E-state index in [-0.39, 0.29) is 12.0 Å². The van der Waals surface area contributed by atoms with Gasteiger partial charge in [-0.2, -0.15) is 9.19 Å². The van der Waals surface area contributed by atoms with E-state index >= 15 is 0 Å².